The van der Waals surface area contributed by atoms with E-state index in [-0.39, 0.29) is 5.91 Å². The second-order valence-corrected chi connectivity index (χ2v) is 9.24. The summed E-state index contributed by atoms with van der Waals surface area (Å²) < 4.78 is 35.9. The highest BCUT2D eigenvalue weighted by Crippen LogP contribution is 2.30. The van der Waals surface area contributed by atoms with Gasteiger partial charge in [0.25, 0.3) is 10.2 Å². The zero-order valence-electron chi connectivity index (χ0n) is 17.9. The monoisotopic (exact) mass is 442 g/mol. The van der Waals surface area contributed by atoms with Crippen molar-refractivity contribution >= 4 is 22.2 Å². The molecule has 1 aromatic rings. The summed E-state index contributed by atoms with van der Waals surface area (Å²) in [4.78, 5) is 28.3. The molecular formula is C18H30N6O5S. The van der Waals surface area contributed by atoms with E-state index in [1.165, 1.54) is 7.05 Å². The Kier molecular flexibility index (Phi) is 6.68. The number of carbonyl (C=O) groups excluding carboxylic acids is 2. The summed E-state index contributed by atoms with van der Waals surface area (Å²) in [5.74, 6) is -0.253. The third kappa shape index (κ3) is 4.44. The van der Waals surface area contributed by atoms with Gasteiger partial charge in [-0.1, -0.05) is 0 Å². The Morgan fingerprint density at radius 2 is 1.83 bits per heavy atom. The number of aryl methyl sites for hydroxylation is 2. The van der Waals surface area contributed by atoms with Gasteiger partial charge in [0.1, 0.15) is 6.04 Å². The summed E-state index contributed by atoms with van der Waals surface area (Å²) >= 11 is 0. The van der Waals surface area contributed by atoms with Gasteiger partial charge in [-0.2, -0.15) is 22.5 Å². The van der Waals surface area contributed by atoms with E-state index >= 15 is 0 Å². The van der Waals surface area contributed by atoms with Crippen molar-refractivity contribution in [3.63, 3.8) is 0 Å². The zero-order chi connectivity index (χ0) is 22.1. The van der Waals surface area contributed by atoms with Gasteiger partial charge in [0.2, 0.25) is 5.91 Å². The van der Waals surface area contributed by atoms with Crippen molar-refractivity contribution in [3.05, 3.63) is 17.5 Å². The van der Waals surface area contributed by atoms with Crippen molar-refractivity contribution in [3.8, 4) is 0 Å². The minimum Gasteiger partial charge on any atom is -0.450 e. The lowest BCUT2D eigenvalue weighted by Crippen LogP contribution is -2.60. The summed E-state index contributed by atoms with van der Waals surface area (Å²) in [6.07, 6.45) is 1.74. The number of aromatic nitrogens is 2. The van der Waals surface area contributed by atoms with E-state index in [4.69, 9.17) is 4.74 Å². The molecule has 0 aromatic carbocycles. The molecule has 12 heteroatoms. The standard InChI is InChI=1S/C18H30N6O5S/c1-5-24-12-14(13(3)19-24)15-11-16(21(4)30(27,28)20-15)17(25)22-7-9-23(10-8-22)18(26)29-6-2/h12,15-16,20H,5-11H2,1-4H3/t15-,16-/m1/s1. The molecule has 30 heavy (non-hydrogen) atoms. The fourth-order valence-electron chi connectivity index (χ4n) is 3.87. The maximum absolute atomic E-state index is 13.2. The smallest absolute Gasteiger partial charge is 0.409 e. The molecule has 0 spiro atoms. The zero-order valence-corrected chi connectivity index (χ0v) is 18.7. The van der Waals surface area contributed by atoms with Gasteiger partial charge in [-0.15, -0.1) is 0 Å². The van der Waals surface area contributed by atoms with Crippen LogP contribution in [0.4, 0.5) is 4.79 Å². The molecule has 168 valence electrons. The fraction of sp³-hybridized carbons (Fsp3) is 0.722. The highest BCUT2D eigenvalue weighted by molar-refractivity contribution is 7.87. The van der Waals surface area contributed by atoms with Gasteiger partial charge in [-0.25, -0.2) is 4.79 Å². The molecule has 0 bridgehead atoms. The van der Waals surface area contributed by atoms with Gasteiger partial charge in [-0.3, -0.25) is 9.48 Å². The number of hydrogen-bond acceptors (Lipinski definition) is 6. The third-order valence-electron chi connectivity index (χ3n) is 5.65. The Bertz CT molecular complexity index is 893. The highest BCUT2D eigenvalue weighted by Gasteiger charge is 2.43. The van der Waals surface area contributed by atoms with Crippen LogP contribution in [-0.4, -0.2) is 90.2 Å². The predicted molar refractivity (Wildman–Crippen MR) is 109 cm³/mol. The number of ether oxygens (including phenoxy) is 1. The van der Waals surface area contributed by atoms with E-state index in [2.05, 4.69) is 9.82 Å². The van der Waals surface area contributed by atoms with Crippen LogP contribution in [0.3, 0.4) is 0 Å². The molecule has 0 radical (unpaired) electrons. The Labute approximate surface area is 177 Å². The molecule has 2 atom stereocenters. The van der Waals surface area contributed by atoms with Crippen LogP contribution in [0.2, 0.25) is 0 Å². The van der Waals surface area contributed by atoms with E-state index < -0.39 is 28.4 Å². The number of carbonyl (C=O) groups is 2. The molecule has 2 aliphatic heterocycles. The first kappa shape index (κ1) is 22.5. The molecule has 0 saturated carbocycles. The summed E-state index contributed by atoms with van der Waals surface area (Å²) in [6.45, 7) is 7.90. The normalized spacial score (nSPS) is 24.7. The number of piperazine rings is 1. The molecule has 2 saturated heterocycles. The fourth-order valence-corrected chi connectivity index (χ4v) is 5.13. The molecule has 2 fully saturated rings. The SMILES string of the molecule is CCOC(=O)N1CCN(C(=O)[C@H]2C[C@H](c3cn(CC)nc3C)NS(=O)(=O)N2C)CC1. The molecule has 3 heterocycles. The van der Waals surface area contributed by atoms with Gasteiger partial charge in [0.15, 0.2) is 0 Å². The molecule has 1 aromatic heterocycles. The largest absolute Gasteiger partial charge is 0.450 e. The van der Waals surface area contributed by atoms with Crippen LogP contribution in [0.5, 0.6) is 0 Å². The van der Waals surface area contributed by atoms with Gasteiger partial charge >= 0.3 is 6.09 Å². The summed E-state index contributed by atoms with van der Waals surface area (Å²) in [7, 11) is -2.41. The lowest BCUT2D eigenvalue weighted by molar-refractivity contribution is -0.137. The van der Waals surface area contributed by atoms with Crippen LogP contribution in [0.1, 0.15) is 37.6 Å². The third-order valence-corrected chi connectivity index (χ3v) is 7.25. The van der Waals surface area contributed by atoms with E-state index in [0.29, 0.717) is 45.8 Å². The number of nitrogens with zero attached hydrogens (tertiary/aromatic N) is 5. The molecular weight excluding hydrogens is 412 g/mol. The van der Waals surface area contributed by atoms with Crippen molar-refractivity contribution in [2.45, 2.75) is 45.8 Å². The maximum Gasteiger partial charge on any atom is 0.409 e. The van der Waals surface area contributed by atoms with Crippen LogP contribution in [0.15, 0.2) is 6.20 Å². The highest BCUT2D eigenvalue weighted by atomic mass is 32.2. The first-order valence-electron chi connectivity index (χ1n) is 10.2. The Hall–Kier alpha value is -2.18. The van der Waals surface area contributed by atoms with Crippen LogP contribution in [0, 0.1) is 6.92 Å². The lowest BCUT2D eigenvalue weighted by atomic mass is 9.99. The Balaban J connectivity index is 1.74. The van der Waals surface area contributed by atoms with Crippen molar-refractivity contribution in [2.24, 2.45) is 0 Å². The first-order chi connectivity index (χ1) is 14.2. The molecule has 0 unspecified atom stereocenters. The average Bonchev–Trinajstić information content (AvgIpc) is 3.10. The second-order valence-electron chi connectivity index (χ2n) is 7.48. The van der Waals surface area contributed by atoms with E-state index in [9.17, 15) is 18.0 Å². The van der Waals surface area contributed by atoms with Crippen LogP contribution in [0.25, 0.3) is 0 Å². The summed E-state index contributed by atoms with van der Waals surface area (Å²) in [5, 5.41) is 4.39. The van der Waals surface area contributed by atoms with Crippen LogP contribution < -0.4 is 4.72 Å². The van der Waals surface area contributed by atoms with Crippen molar-refractivity contribution in [1.82, 2.24) is 28.6 Å². The van der Waals surface area contributed by atoms with Crippen molar-refractivity contribution in [1.29, 1.82) is 0 Å². The van der Waals surface area contributed by atoms with Gasteiger partial charge in [-0.05, 0) is 27.2 Å². The number of amides is 2. The van der Waals surface area contributed by atoms with Gasteiger partial charge in [0.05, 0.1) is 18.3 Å². The number of nitrogens with one attached hydrogen (secondary N) is 1. The molecule has 2 aliphatic rings. The van der Waals surface area contributed by atoms with Crippen LogP contribution >= 0.6 is 0 Å². The number of likely N-dealkylation sites (N-methyl/N-ethyl adjacent to an activating group) is 1. The molecule has 0 aliphatic carbocycles. The lowest BCUT2D eigenvalue weighted by Gasteiger charge is -2.40. The van der Waals surface area contributed by atoms with Crippen molar-refractivity contribution in [2.75, 3.05) is 39.8 Å². The van der Waals surface area contributed by atoms with E-state index in [1.807, 2.05) is 20.0 Å². The minimum absolute atomic E-state index is 0.253. The molecule has 3 rings (SSSR count). The first-order valence-corrected chi connectivity index (χ1v) is 11.6. The molecule has 1 N–H and O–H groups in total. The maximum atomic E-state index is 13.2. The Morgan fingerprint density at radius 3 is 2.40 bits per heavy atom. The quantitative estimate of drug-likeness (QED) is 0.706. The molecule has 11 nitrogen and oxygen atoms in total. The predicted octanol–water partition coefficient (Wildman–Crippen LogP) is 0.0917. The molecule has 2 amide bonds. The topological polar surface area (TPSA) is 117 Å². The van der Waals surface area contributed by atoms with Crippen molar-refractivity contribution < 1.29 is 22.7 Å². The van der Waals surface area contributed by atoms with E-state index in [1.54, 1.807) is 21.4 Å². The number of hydrogen-bond donors (Lipinski definition) is 1. The summed E-state index contributed by atoms with van der Waals surface area (Å²) in [5.41, 5.74) is 1.52. The van der Waals surface area contributed by atoms with Gasteiger partial charge in [0, 0.05) is 51.5 Å². The second kappa shape index (κ2) is 8.90. The average molecular weight is 443 g/mol. The summed E-state index contributed by atoms with van der Waals surface area (Å²) in [6, 6.07) is -1.35. The van der Waals surface area contributed by atoms with Gasteiger partial charge < -0.3 is 14.5 Å². The van der Waals surface area contributed by atoms with E-state index in [0.717, 1.165) is 15.6 Å². The Morgan fingerprint density at radius 1 is 1.20 bits per heavy atom. The minimum atomic E-state index is -3.82. The van der Waals surface area contributed by atoms with Crippen LogP contribution in [-0.2, 0) is 26.3 Å². The number of rotatable bonds is 4.